The quantitative estimate of drug-likeness (QED) is 0.676. The molecule has 2 saturated heterocycles. The van der Waals surface area contributed by atoms with Gasteiger partial charge in [0.25, 0.3) is 0 Å². The molecule has 2 aromatic heterocycles. The summed E-state index contributed by atoms with van der Waals surface area (Å²) in [7, 11) is 0. The van der Waals surface area contributed by atoms with E-state index in [1.54, 1.807) is 6.92 Å². The molecule has 166 valence electrons. The molecule has 0 radical (unpaired) electrons. The Bertz CT molecular complexity index is 1130. The molecule has 0 spiro atoms. The molecule has 0 saturated carbocycles. The van der Waals surface area contributed by atoms with Gasteiger partial charge in [-0.15, -0.1) is 0 Å². The van der Waals surface area contributed by atoms with E-state index in [1.165, 1.54) is 0 Å². The highest BCUT2D eigenvalue weighted by Gasteiger charge is 2.31. The number of nitriles is 1. The van der Waals surface area contributed by atoms with Gasteiger partial charge in [-0.05, 0) is 49.6 Å². The Morgan fingerprint density at radius 3 is 2.72 bits per heavy atom. The molecule has 2 aliphatic rings. The number of alkyl halides is 1. The van der Waals surface area contributed by atoms with Crippen LogP contribution in [0.5, 0.6) is 0 Å². The molecule has 6 nitrogen and oxygen atoms in total. The third kappa shape index (κ3) is 4.21. The number of ether oxygens (including phenoxy) is 1. The lowest BCUT2D eigenvalue weighted by molar-refractivity contribution is 0.0189. The number of morpholine rings is 1. The summed E-state index contributed by atoms with van der Waals surface area (Å²) in [6.07, 6.45) is 3.18. The van der Waals surface area contributed by atoms with Gasteiger partial charge in [-0.2, -0.15) is 5.26 Å². The summed E-state index contributed by atoms with van der Waals surface area (Å²) in [5, 5.41) is 12.6. The number of anilines is 1. The number of hydrogen-bond acceptors (Lipinski definition) is 5. The van der Waals surface area contributed by atoms with Gasteiger partial charge in [-0.25, -0.2) is 9.37 Å². The van der Waals surface area contributed by atoms with Crippen LogP contribution in [-0.2, 0) is 11.3 Å². The molecule has 3 aromatic rings. The van der Waals surface area contributed by atoms with Gasteiger partial charge < -0.3 is 19.5 Å². The second-order valence-corrected chi connectivity index (χ2v) is 9.02. The molecule has 32 heavy (non-hydrogen) atoms. The van der Waals surface area contributed by atoms with Crippen molar-refractivity contribution in [1.29, 1.82) is 5.26 Å². The van der Waals surface area contributed by atoms with Crippen molar-refractivity contribution in [2.24, 2.45) is 0 Å². The Balaban J connectivity index is 1.55. The van der Waals surface area contributed by atoms with Crippen molar-refractivity contribution in [2.45, 2.75) is 38.1 Å². The van der Waals surface area contributed by atoms with Crippen LogP contribution in [0, 0.1) is 11.3 Å². The van der Waals surface area contributed by atoms with Gasteiger partial charge in [0, 0.05) is 37.9 Å². The average Bonchev–Trinajstić information content (AvgIpc) is 3.20. The van der Waals surface area contributed by atoms with Gasteiger partial charge in [-0.3, -0.25) is 0 Å². The van der Waals surface area contributed by atoms with E-state index in [1.807, 2.05) is 30.3 Å². The maximum atomic E-state index is 14.4. The number of pyridine rings is 1. The van der Waals surface area contributed by atoms with Crippen LogP contribution in [0.3, 0.4) is 0 Å². The predicted octanol–water partition coefficient (Wildman–Crippen LogP) is 3.89. The molecule has 2 fully saturated rings. The van der Waals surface area contributed by atoms with Crippen molar-refractivity contribution in [3.05, 3.63) is 48.2 Å². The fraction of sp³-hybridized carbons (Fsp3) is 0.440. The number of nitrogens with zero attached hydrogens (tertiary/aromatic N) is 4. The molecule has 0 amide bonds. The third-order valence-electron chi connectivity index (χ3n) is 6.57. The van der Waals surface area contributed by atoms with Gasteiger partial charge in [0.2, 0.25) is 0 Å². The standard InChI is InChI=1S/C25H28FN5O/c1-25(26)7-11-30(12-8-25)24-21(19-4-2-18(15-27)3-5-19)14-23-22(29-24)6-10-31(23)17-20-16-28-9-13-32-20/h2-6,10,14,20,28H,7-9,11-13,16-17H2,1H3. The molecule has 1 unspecified atom stereocenters. The van der Waals surface area contributed by atoms with Gasteiger partial charge in [0.1, 0.15) is 11.5 Å². The monoisotopic (exact) mass is 433 g/mol. The Hall–Kier alpha value is -2.95. The number of halogens is 1. The highest BCUT2D eigenvalue weighted by atomic mass is 19.1. The molecule has 1 atom stereocenters. The molecule has 7 heteroatoms. The number of aromatic nitrogens is 2. The first-order valence-electron chi connectivity index (χ1n) is 11.3. The van der Waals surface area contributed by atoms with Crippen LogP contribution in [0.25, 0.3) is 22.2 Å². The fourth-order valence-corrected chi connectivity index (χ4v) is 4.58. The zero-order valence-electron chi connectivity index (χ0n) is 18.4. The Morgan fingerprint density at radius 1 is 1.25 bits per heavy atom. The van der Waals surface area contributed by atoms with E-state index in [9.17, 15) is 9.65 Å². The number of fused-ring (bicyclic) bond motifs is 1. The number of hydrogen-bond donors (Lipinski definition) is 1. The van der Waals surface area contributed by atoms with E-state index in [0.717, 1.165) is 54.2 Å². The summed E-state index contributed by atoms with van der Waals surface area (Å²) in [4.78, 5) is 7.23. The number of piperidine rings is 1. The minimum absolute atomic E-state index is 0.127. The second-order valence-electron chi connectivity index (χ2n) is 9.02. The number of rotatable bonds is 4. The van der Waals surface area contributed by atoms with E-state index in [2.05, 4.69) is 33.1 Å². The zero-order valence-corrected chi connectivity index (χ0v) is 18.4. The smallest absolute Gasteiger partial charge is 0.137 e. The highest BCUT2D eigenvalue weighted by molar-refractivity contribution is 5.88. The Labute approximate surface area is 187 Å². The molecule has 5 rings (SSSR count). The molecular weight excluding hydrogens is 405 g/mol. The first-order valence-corrected chi connectivity index (χ1v) is 11.3. The summed E-state index contributed by atoms with van der Waals surface area (Å²) >= 11 is 0. The molecule has 0 bridgehead atoms. The molecule has 0 aliphatic carbocycles. The SMILES string of the molecule is CC1(F)CCN(c2nc3ccn(CC4CNCCO4)c3cc2-c2ccc(C#N)cc2)CC1. The topological polar surface area (TPSA) is 66.1 Å². The summed E-state index contributed by atoms with van der Waals surface area (Å²) < 4.78 is 22.5. The summed E-state index contributed by atoms with van der Waals surface area (Å²) in [5.41, 5.74) is 3.50. The van der Waals surface area contributed by atoms with Crippen molar-refractivity contribution >= 4 is 16.9 Å². The van der Waals surface area contributed by atoms with Gasteiger partial charge >= 0.3 is 0 Å². The van der Waals surface area contributed by atoms with E-state index in [0.29, 0.717) is 31.5 Å². The van der Waals surface area contributed by atoms with Gasteiger partial charge in [0.15, 0.2) is 0 Å². The number of nitrogens with one attached hydrogen (secondary N) is 1. The summed E-state index contributed by atoms with van der Waals surface area (Å²) in [5.74, 6) is 0.881. The largest absolute Gasteiger partial charge is 0.374 e. The van der Waals surface area contributed by atoms with Crippen LogP contribution in [-0.4, -0.2) is 54.1 Å². The van der Waals surface area contributed by atoms with E-state index < -0.39 is 5.67 Å². The molecular formula is C25H28FN5O. The lowest BCUT2D eigenvalue weighted by Crippen LogP contribution is -2.41. The van der Waals surface area contributed by atoms with Gasteiger partial charge in [-0.1, -0.05) is 12.1 Å². The second kappa shape index (κ2) is 8.53. The first kappa shape index (κ1) is 20.9. The van der Waals surface area contributed by atoms with E-state index in [-0.39, 0.29) is 6.10 Å². The highest BCUT2D eigenvalue weighted by Crippen LogP contribution is 2.36. The Kier molecular flexibility index (Phi) is 5.58. The van der Waals surface area contributed by atoms with Crippen molar-refractivity contribution < 1.29 is 9.13 Å². The average molecular weight is 434 g/mol. The number of benzene rings is 1. The van der Waals surface area contributed by atoms with Gasteiger partial charge in [0.05, 0.1) is 41.9 Å². The lowest BCUT2D eigenvalue weighted by Gasteiger charge is -2.36. The third-order valence-corrected chi connectivity index (χ3v) is 6.57. The normalized spacial score (nSPS) is 20.9. The summed E-state index contributed by atoms with van der Waals surface area (Å²) in [6.45, 7) is 6.17. The lowest BCUT2D eigenvalue weighted by atomic mass is 9.95. The molecule has 1 N–H and O–H groups in total. The van der Waals surface area contributed by atoms with Crippen LogP contribution >= 0.6 is 0 Å². The van der Waals surface area contributed by atoms with Crippen LogP contribution in [0.4, 0.5) is 10.2 Å². The fourth-order valence-electron chi connectivity index (χ4n) is 4.58. The molecule has 2 aliphatic heterocycles. The predicted molar refractivity (Wildman–Crippen MR) is 123 cm³/mol. The minimum Gasteiger partial charge on any atom is -0.374 e. The van der Waals surface area contributed by atoms with Crippen LogP contribution in [0.1, 0.15) is 25.3 Å². The van der Waals surface area contributed by atoms with Crippen LogP contribution < -0.4 is 10.2 Å². The maximum Gasteiger partial charge on any atom is 0.137 e. The van der Waals surface area contributed by atoms with E-state index in [4.69, 9.17) is 9.72 Å². The molecule has 1 aromatic carbocycles. The van der Waals surface area contributed by atoms with Crippen molar-refractivity contribution in [3.63, 3.8) is 0 Å². The van der Waals surface area contributed by atoms with Crippen molar-refractivity contribution in [1.82, 2.24) is 14.9 Å². The summed E-state index contributed by atoms with van der Waals surface area (Å²) in [6, 6.07) is 14.0. The van der Waals surface area contributed by atoms with Crippen LogP contribution in [0.2, 0.25) is 0 Å². The minimum atomic E-state index is -1.12. The first-order chi connectivity index (χ1) is 15.5. The van der Waals surface area contributed by atoms with E-state index >= 15 is 0 Å². The van der Waals surface area contributed by atoms with Crippen LogP contribution in [0.15, 0.2) is 42.6 Å². The zero-order chi connectivity index (χ0) is 22.1. The molecule has 4 heterocycles. The maximum absolute atomic E-state index is 14.4. The Morgan fingerprint density at radius 2 is 2.03 bits per heavy atom. The van der Waals surface area contributed by atoms with Crippen molar-refractivity contribution in [3.8, 4) is 17.2 Å². The van der Waals surface area contributed by atoms with Crippen molar-refractivity contribution in [2.75, 3.05) is 37.7 Å².